The number of aryl methyl sites for hydroxylation is 3. The molecule has 2 aromatic rings. The van der Waals surface area contributed by atoms with Crippen molar-refractivity contribution in [2.24, 2.45) is 0 Å². The number of carbonyl (C=O) groups is 1. The van der Waals surface area contributed by atoms with E-state index in [1.165, 1.54) is 27.6 Å². The molecule has 1 aromatic heterocycles. The Morgan fingerprint density at radius 1 is 1.14 bits per heavy atom. The number of amides is 1. The lowest BCUT2D eigenvalue weighted by Crippen LogP contribution is -2.40. The van der Waals surface area contributed by atoms with Gasteiger partial charge in [-0.2, -0.15) is 4.31 Å². The summed E-state index contributed by atoms with van der Waals surface area (Å²) in [5.74, 6) is -0.182. The van der Waals surface area contributed by atoms with Gasteiger partial charge in [0.25, 0.3) is 5.91 Å². The standard InChI is InChI=1S/C20H24N2O4S2/c1-14-6-7-16(13-19(14)28(24,25)22-8-10-26-11-9-22)21-20(23)18-12-15-4-2-3-5-17(15)27-18/h6-7,12-13H,2-5,8-11H2,1H3,(H,21,23). The van der Waals surface area contributed by atoms with Crippen LogP contribution >= 0.6 is 11.3 Å². The first kappa shape index (κ1) is 19.6. The van der Waals surface area contributed by atoms with E-state index in [-0.39, 0.29) is 10.8 Å². The zero-order valence-corrected chi connectivity index (χ0v) is 17.5. The maximum atomic E-state index is 13.0. The number of anilines is 1. The summed E-state index contributed by atoms with van der Waals surface area (Å²) in [6, 6.07) is 7.03. The van der Waals surface area contributed by atoms with Crippen molar-refractivity contribution in [3.63, 3.8) is 0 Å². The third-order valence-electron chi connectivity index (χ3n) is 5.25. The molecule has 0 unspecified atom stereocenters. The van der Waals surface area contributed by atoms with Gasteiger partial charge in [0, 0.05) is 23.7 Å². The second-order valence-electron chi connectivity index (χ2n) is 7.22. The van der Waals surface area contributed by atoms with Crippen molar-refractivity contribution in [1.29, 1.82) is 0 Å². The van der Waals surface area contributed by atoms with Crippen LogP contribution in [0.15, 0.2) is 29.2 Å². The van der Waals surface area contributed by atoms with Gasteiger partial charge in [-0.1, -0.05) is 6.07 Å². The van der Waals surface area contributed by atoms with E-state index in [1.54, 1.807) is 36.5 Å². The summed E-state index contributed by atoms with van der Waals surface area (Å²) < 4.78 is 32.7. The van der Waals surface area contributed by atoms with Gasteiger partial charge in [-0.05, 0) is 61.9 Å². The van der Waals surface area contributed by atoms with Crippen LogP contribution < -0.4 is 5.32 Å². The predicted molar refractivity (Wildman–Crippen MR) is 110 cm³/mol. The van der Waals surface area contributed by atoms with E-state index in [1.807, 2.05) is 6.07 Å². The summed E-state index contributed by atoms with van der Waals surface area (Å²) >= 11 is 1.55. The average molecular weight is 421 g/mol. The van der Waals surface area contributed by atoms with Gasteiger partial charge in [0.2, 0.25) is 10.0 Å². The zero-order chi connectivity index (χ0) is 19.7. The molecule has 1 amide bonds. The van der Waals surface area contributed by atoms with Crippen molar-refractivity contribution < 1.29 is 17.9 Å². The first-order valence-electron chi connectivity index (χ1n) is 9.56. The molecular weight excluding hydrogens is 396 g/mol. The number of morpholine rings is 1. The highest BCUT2D eigenvalue weighted by Gasteiger charge is 2.28. The fraction of sp³-hybridized carbons (Fsp3) is 0.450. The van der Waals surface area contributed by atoms with Gasteiger partial charge in [0.05, 0.1) is 23.0 Å². The van der Waals surface area contributed by atoms with Crippen molar-refractivity contribution in [2.75, 3.05) is 31.6 Å². The van der Waals surface area contributed by atoms with Crippen molar-refractivity contribution in [3.8, 4) is 0 Å². The van der Waals surface area contributed by atoms with Crippen LogP contribution in [-0.4, -0.2) is 44.9 Å². The van der Waals surface area contributed by atoms with Gasteiger partial charge < -0.3 is 10.1 Å². The molecule has 2 heterocycles. The lowest BCUT2D eigenvalue weighted by molar-refractivity contribution is 0.0730. The minimum atomic E-state index is -3.61. The Hall–Kier alpha value is -1.74. The van der Waals surface area contributed by atoms with Crippen LogP contribution in [0.1, 0.15) is 38.5 Å². The number of hydrogen-bond acceptors (Lipinski definition) is 5. The van der Waals surface area contributed by atoms with E-state index in [4.69, 9.17) is 4.74 Å². The molecule has 0 atom stereocenters. The minimum Gasteiger partial charge on any atom is -0.379 e. The molecule has 1 saturated heterocycles. The fourth-order valence-electron chi connectivity index (χ4n) is 3.68. The number of thiophene rings is 1. The second-order valence-corrected chi connectivity index (χ2v) is 10.3. The average Bonchev–Trinajstić information content (AvgIpc) is 3.14. The van der Waals surface area contributed by atoms with E-state index in [0.29, 0.717) is 42.4 Å². The Kier molecular flexibility index (Phi) is 5.55. The molecular formula is C20H24N2O4S2. The van der Waals surface area contributed by atoms with Crippen LogP contribution in [0.2, 0.25) is 0 Å². The molecule has 28 heavy (non-hydrogen) atoms. The van der Waals surface area contributed by atoms with Crippen LogP contribution in [0.3, 0.4) is 0 Å². The summed E-state index contributed by atoms with van der Waals surface area (Å²) in [6.45, 7) is 3.26. The smallest absolute Gasteiger partial charge is 0.265 e. The maximum absolute atomic E-state index is 13.0. The fourth-order valence-corrected chi connectivity index (χ4v) is 6.48. The molecule has 8 heteroatoms. The highest BCUT2D eigenvalue weighted by Crippen LogP contribution is 2.30. The number of hydrogen-bond donors (Lipinski definition) is 1. The molecule has 1 aliphatic heterocycles. The van der Waals surface area contributed by atoms with E-state index in [0.717, 1.165) is 12.8 Å². The molecule has 1 N–H and O–H groups in total. The maximum Gasteiger partial charge on any atom is 0.265 e. The summed E-state index contributed by atoms with van der Waals surface area (Å²) in [5.41, 5.74) is 2.44. The molecule has 0 saturated carbocycles. The number of carbonyl (C=O) groups excluding carboxylic acids is 1. The first-order chi connectivity index (χ1) is 13.4. The molecule has 2 aliphatic rings. The third kappa shape index (κ3) is 3.87. The highest BCUT2D eigenvalue weighted by atomic mass is 32.2. The Morgan fingerprint density at radius 2 is 1.89 bits per heavy atom. The molecule has 0 radical (unpaired) electrons. The number of benzene rings is 1. The Bertz CT molecular complexity index is 968. The van der Waals surface area contributed by atoms with Crippen LogP contribution in [0.4, 0.5) is 5.69 Å². The number of nitrogens with zero attached hydrogens (tertiary/aromatic N) is 1. The van der Waals surface area contributed by atoms with Gasteiger partial charge in [0.15, 0.2) is 0 Å². The van der Waals surface area contributed by atoms with Gasteiger partial charge in [0.1, 0.15) is 0 Å². The first-order valence-corrected chi connectivity index (χ1v) is 11.8. The van der Waals surface area contributed by atoms with Crippen molar-refractivity contribution >= 4 is 33.0 Å². The molecule has 4 rings (SSSR count). The van der Waals surface area contributed by atoms with E-state index >= 15 is 0 Å². The Labute approximate surface area is 169 Å². The third-order valence-corrected chi connectivity index (χ3v) is 8.53. The SMILES string of the molecule is Cc1ccc(NC(=O)c2cc3c(s2)CCCC3)cc1S(=O)(=O)N1CCOCC1. The highest BCUT2D eigenvalue weighted by molar-refractivity contribution is 7.89. The summed E-state index contributed by atoms with van der Waals surface area (Å²) in [4.78, 5) is 14.9. The normalized spacial score (nSPS) is 17.9. The lowest BCUT2D eigenvalue weighted by Gasteiger charge is -2.26. The van der Waals surface area contributed by atoms with Gasteiger partial charge in [-0.25, -0.2) is 8.42 Å². The molecule has 150 valence electrons. The van der Waals surface area contributed by atoms with Crippen LogP contribution in [0.5, 0.6) is 0 Å². The number of rotatable bonds is 4. The minimum absolute atomic E-state index is 0.182. The Balaban J connectivity index is 1.56. The van der Waals surface area contributed by atoms with Gasteiger partial charge in [-0.15, -0.1) is 11.3 Å². The van der Waals surface area contributed by atoms with E-state index < -0.39 is 10.0 Å². The van der Waals surface area contributed by atoms with E-state index in [9.17, 15) is 13.2 Å². The molecule has 0 spiro atoms. The van der Waals surface area contributed by atoms with Gasteiger partial charge >= 0.3 is 0 Å². The van der Waals surface area contributed by atoms with Crippen LogP contribution in [0, 0.1) is 6.92 Å². The summed E-state index contributed by atoms with van der Waals surface area (Å²) in [5, 5.41) is 2.87. The second kappa shape index (κ2) is 7.94. The quantitative estimate of drug-likeness (QED) is 0.824. The monoisotopic (exact) mass is 420 g/mol. The number of fused-ring (bicyclic) bond motifs is 1. The van der Waals surface area contributed by atoms with Crippen LogP contribution in [-0.2, 0) is 27.6 Å². The van der Waals surface area contributed by atoms with Crippen LogP contribution in [0.25, 0.3) is 0 Å². The summed E-state index contributed by atoms with van der Waals surface area (Å²) in [7, 11) is -3.61. The van der Waals surface area contributed by atoms with Crippen molar-refractivity contribution in [3.05, 3.63) is 45.1 Å². The van der Waals surface area contributed by atoms with E-state index in [2.05, 4.69) is 5.32 Å². The van der Waals surface area contributed by atoms with Crippen molar-refractivity contribution in [2.45, 2.75) is 37.5 Å². The molecule has 0 bridgehead atoms. The van der Waals surface area contributed by atoms with Crippen molar-refractivity contribution in [1.82, 2.24) is 4.31 Å². The molecule has 1 fully saturated rings. The molecule has 6 nitrogen and oxygen atoms in total. The van der Waals surface area contributed by atoms with Gasteiger partial charge in [-0.3, -0.25) is 4.79 Å². The number of sulfonamides is 1. The predicted octanol–water partition coefficient (Wildman–Crippen LogP) is 3.21. The number of nitrogens with one attached hydrogen (secondary N) is 1. The molecule has 1 aliphatic carbocycles. The zero-order valence-electron chi connectivity index (χ0n) is 15.9. The Morgan fingerprint density at radius 3 is 2.64 bits per heavy atom. The number of ether oxygens (including phenoxy) is 1. The largest absolute Gasteiger partial charge is 0.379 e. The lowest BCUT2D eigenvalue weighted by atomic mass is 9.99. The molecule has 1 aromatic carbocycles. The topological polar surface area (TPSA) is 75.7 Å². The summed E-state index contributed by atoms with van der Waals surface area (Å²) in [6.07, 6.45) is 4.42.